The highest BCUT2D eigenvalue weighted by atomic mass is 79.9. The molecule has 3 heteroatoms. The molecular formula is C9H9BrN2. The Morgan fingerprint density at radius 1 is 1.58 bits per heavy atom. The van der Waals surface area contributed by atoms with Crippen LogP contribution in [0.1, 0.15) is 12.5 Å². The van der Waals surface area contributed by atoms with Crippen LogP contribution in [0.15, 0.2) is 24.3 Å². The van der Waals surface area contributed by atoms with Crippen LogP contribution in [-0.2, 0) is 0 Å². The van der Waals surface area contributed by atoms with Crippen molar-refractivity contribution < 1.29 is 0 Å². The summed E-state index contributed by atoms with van der Waals surface area (Å²) in [5.74, 6) is 0. The molecule has 0 saturated heterocycles. The minimum atomic E-state index is 0.686. The van der Waals surface area contributed by atoms with E-state index in [4.69, 9.17) is 5.26 Å². The van der Waals surface area contributed by atoms with Crippen LogP contribution in [-0.4, -0.2) is 6.54 Å². The van der Waals surface area contributed by atoms with Crippen molar-refractivity contribution in [1.29, 1.82) is 5.26 Å². The fourth-order valence-corrected chi connectivity index (χ4v) is 1.13. The molecule has 2 nitrogen and oxygen atoms in total. The van der Waals surface area contributed by atoms with Crippen molar-refractivity contribution >= 4 is 21.8 Å². The van der Waals surface area contributed by atoms with E-state index >= 15 is 0 Å². The van der Waals surface area contributed by atoms with E-state index in [1.807, 2.05) is 29.0 Å². The van der Waals surface area contributed by atoms with Gasteiger partial charge in [-0.2, -0.15) is 5.26 Å². The zero-order chi connectivity index (χ0) is 8.97. The lowest BCUT2D eigenvalue weighted by molar-refractivity contribution is 1.13. The van der Waals surface area contributed by atoms with Gasteiger partial charge in [-0.05, 0) is 25.1 Å². The number of hydrogen-bond acceptors (Lipinski definition) is 2. The van der Waals surface area contributed by atoms with E-state index in [-0.39, 0.29) is 0 Å². The Hall–Kier alpha value is -1.01. The zero-order valence-corrected chi connectivity index (χ0v) is 8.37. The van der Waals surface area contributed by atoms with Crippen LogP contribution in [0.25, 0.3) is 0 Å². The molecule has 12 heavy (non-hydrogen) atoms. The largest absolute Gasteiger partial charge is 0.309 e. The Balaban J connectivity index is 2.95. The number of rotatable bonds is 2. The third-order valence-corrected chi connectivity index (χ3v) is 2.44. The number of halogens is 1. The molecule has 0 heterocycles. The summed E-state index contributed by atoms with van der Waals surface area (Å²) < 4.78 is 1.91. The summed E-state index contributed by atoms with van der Waals surface area (Å²) in [4.78, 5) is 0. The van der Waals surface area contributed by atoms with E-state index in [0.29, 0.717) is 5.56 Å². The first kappa shape index (κ1) is 9.08. The first-order valence-electron chi connectivity index (χ1n) is 3.71. The highest BCUT2D eigenvalue weighted by Crippen LogP contribution is 2.18. The molecule has 0 spiro atoms. The van der Waals surface area contributed by atoms with Crippen molar-refractivity contribution in [3.05, 3.63) is 29.8 Å². The Bertz CT molecular complexity index is 304. The van der Waals surface area contributed by atoms with E-state index in [9.17, 15) is 0 Å². The average Bonchev–Trinajstić information content (AvgIpc) is 2.17. The van der Waals surface area contributed by atoms with Crippen LogP contribution in [0.4, 0.5) is 5.69 Å². The van der Waals surface area contributed by atoms with Crippen LogP contribution in [0.5, 0.6) is 0 Å². The highest BCUT2D eigenvalue weighted by Gasteiger charge is 1.99. The Kier molecular flexibility index (Phi) is 3.12. The summed E-state index contributed by atoms with van der Waals surface area (Å²) in [7, 11) is 0. The summed E-state index contributed by atoms with van der Waals surface area (Å²) in [6.07, 6.45) is 0. The predicted molar refractivity (Wildman–Crippen MR) is 53.1 cm³/mol. The monoisotopic (exact) mass is 224 g/mol. The van der Waals surface area contributed by atoms with Crippen molar-refractivity contribution in [2.24, 2.45) is 0 Å². The predicted octanol–water partition coefficient (Wildman–Crippen LogP) is 2.69. The molecule has 0 N–H and O–H groups in total. The second-order valence-electron chi connectivity index (χ2n) is 2.34. The second-order valence-corrected chi connectivity index (χ2v) is 3.20. The molecule has 1 rings (SSSR count). The highest BCUT2D eigenvalue weighted by molar-refractivity contribution is 9.10. The van der Waals surface area contributed by atoms with Crippen LogP contribution in [0, 0.1) is 11.3 Å². The van der Waals surface area contributed by atoms with E-state index < -0.39 is 0 Å². The molecule has 0 fully saturated rings. The van der Waals surface area contributed by atoms with Crippen LogP contribution in [0.2, 0.25) is 0 Å². The van der Waals surface area contributed by atoms with Gasteiger partial charge in [0.15, 0.2) is 0 Å². The number of nitrogens with zero attached hydrogens (tertiary/aromatic N) is 2. The van der Waals surface area contributed by atoms with Gasteiger partial charge >= 0.3 is 0 Å². The van der Waals surface area contributed by atoms with Gasteiger partial charge in [-0.1, -0.05) is 6.07 Å². The summed E-state index contributed by atoms with van der Waals surface area (Å²) in [6.45, 7) is 2.91. The second kappa shape index (κ2) is 4.13. The molecule has 62 valence electrons. The van der Waals surface area contributed by atoms with Crippen molar-refractivity contribution in [2.75, 3.05) is 10.5 Å². The maximum Gasteiger partial charge on any atom is 0.0992 e. The van der Waals surface area contributed by atoms with Crippen molar-refractivity contribution in [1.82, 2.24) is 0 Å². The Labute approximate surface area is 80.8 Å². The first-order valence-corrected chi connectivity index (χ1v) is 4.42. The van der Waals surface area contributed by atoms with Gasteiger partial charge < -0.3 is 3.93 Å². The third-order valence-electron chi connectivity index (χ3n) is 1.53. The van der Waals surface area contributed by atoms with Gasteiger partial charge in [-0.3, -0.25) is 0 Å². The van der Waals surface area contributed by atoms with Gasteiger partial charge in [0.25, 0.3) is 0 Å². The number of nitriles is 1. The lowest BCUT2D eigenvalue weighted by atomic mass is 10.2. The minimum absolute atomic E-state index is 0.686. The van der Waals surface area contributed by atoms with E-state index in [2.05, 4.69) is 22.2 Å². The quantitative estimate of drug-likeness (QED) is 0.723. The first-order chi connectivity index (χ1) is 5.77. The average molecular weight is 225 g/mol. The number of hydrogen-bond donors (Lipinski definition) is 0. The van der Waals surface area contributed by atoms with Gasteiger partial charge in [-0.15, -0.1) is 0 Å². The molecular weight excluding hydrogens is 216 g/mol. The molecule has 0 aromatic heterocycles. The van der Waals surface area contributed by atoms with Crippen LogP contribution >= 0.6 is 16.1 Å². The minimum Gasteiger partial charge on any atom is -0.309 e. The standard InChI is InChI=1S/C9H9BrN2/c1-2-12(10)9-5-3-4-8(6-9)7-11/h3-6H,2H2,1H3. The van der Waals surface area contributed by atoms with E-state index in [1.54, 1.807) is 6.07 Å². The van der Waals surface area contributed by atoms with Gasteiger partial charge in [-0.25, -0.2) is 0 Å². The van der Waals surface area contributed by atoms with Gasteiger partial charge in [0.05, 0.1) is 11.6 Å². The summed E-state index contributed by atoms with van der Waals surface area (Å²) in [5.41, 5.74) is 1.70. The van der Waals surface area contributed by atoms with Crippen molar-refractivity contribution in [2.45, 2.75) is 6.92 Å². The topological polar surface area (TPSA) is 27.0 Å². The molecule has 1 aromatic rings. The molecule has 0 aliphatic rings. The van der Waals surface area contributed by atoms with Gasteiger partial charge in [0.2, 0.25) is 0 Å². The molecule has 0 unspecified atom stereocenters. The smallest absolute Gasteiger partial charge is 0.0992 e. The van der Waals surface area contributed by atoms with Crippen molar-refractivity contribution in [3.63, 3.8) is 0 Å². The fourth-order valence-electron chi connectivity index (χ4n) is 0.909. The van der Waals surface area contributed by atoms with E-state index in [1.165, 1.54) is 0 Å². The zero-order valence-electron chi connectivity index (χ0n) is 6.79. The lowest BCUT2D eigenvalue weighted by Gasteiger charge is -2.13. The summed E-state index contributed by atoms with van der Waals surface area (Å²) in [5, 5.41) is 8.63. The normalized spacial score (nSPS) is 9.08. The van der Waals surface area contributed by atoms with Crippen molar-refractivity contribution in [3.8, 4) is 6.07 Å². The maximum absolute atomic E-state index is 8.63. The molecule has 0 radical (unpaired) electrons. The number of anilines is 1. The summed E-state index contributed by atoms with van der Waals surface area (Å²) >= 11 is 3.37. The Morgan fingerprint density at radius 2 is 2.33 bits per heavy atom. The molecule has 0 aliphatic carbocycles. The van der Waals surface area contributed by atoms with Crippen LogP contribution in [0.3, 0.4) is 0 Å². The SMILES string of the molecule is CCN(Br)c1cccc(C#N)c1. The molecule has 0 amide bonds. The molecule has 0 atom stereocenters. The molecule has 0 saturated carbocycles. The lowest BCUT2D eigenvalue weighted by Crippen LogP contribution is -2.07. The molecule has 0 aliphatic heterocycles. The molecule has 1 aromatic carbocycles. The summed E-state index contributed by atoms with van der Waals surface area (Å²) in [6, 6.07) is 9.57. The Morgan fingerprint density at radius 3 is 2.92 bits per heavy atom. The van der Waals surface area contributed by atoms with E-state index in [0.717, 1.165) is 12.2 Å². The number of benzene rings is 1. The maximum atomic E-state index is 8.63. The fraction of sp³-hybridized carbons (Fsp3) is 0.222. The third kappa shape index (κ3) is 1.99. The van der Waals surface area contributed by atoms with Gasteiger partial charge in [0, 0.05) is 28.4 Å². The van der Waals surface area contributed by atoms with Gasteiger partial charge in [0.1, 0.15) is 0 Å². The van der Waals surface area contributed by atoms with Crippen LogP contribution < -0.4 is 3.93 Å². The molecule has 0 bridgehead atoms.